The Hall–Kier alpha value is -0.0800. The van der Waals surface area contributed by atoms with Crippen LogP contribution in [0.3, 0.4) is 0 Å². The summed E-state index contributed by atoms with van der Waals surface area (Å²) in [4.78, 5) is 2.56. The largest absolute Gasteiger partial charge is 0.314 e. The van der Waals surface area contributed by atoms with Gasteiger partial charge in [-0.05, 0) is 64.1 Å². The van der Waals surface area contributed by atoms with Crippen molar-refractivity contribution in [1.29, 1.82) is 0 Å². The van der Waals surface area contributed by atoms with E-state index in [0.717, 1.165) is 17.9 Å². The van der Waals surface area contributed by atoms with Crippen molar-refractivity contribution in [2.75, 3.05) is 26.7 Å². The van der Waals surface area contributed by atoms with E-state index in [9.17, 15) is 0 Å². The fourth-order valence-corrected chi connectivity index (χ4v) is 3.45. The summed E-state index contributed by atoms with van der Waals surface area (Å²) >= 11 is 0. The third-order valence-corrected chi connectivity index (χ3v) is 4.76. The summed E-state index contributed by atoms with van der Waals surface area (Å²) in [7, 11) is 2.31. The molecule has 1 aliphatic rings. The molecule has 0 heterocycles. The molecule has 0 aromatic heterocycles. The summed E-state index contributed by atoms with van der Waals surface area (Å²) in [5, 5.41) is 3.80. The zero-order valence-corrected chi connectivity index (χ0v) is 13.8. The van der Waals surface area contributed by atoms with E-state index in [0.29, 0.717) is 0 Å². The second-order valence-corrected chi connectivity index (χ2v) is 6.52. The number of unbranched alkanes of at least 4 members (excludes halogenated alkanes) is 1. The molecule has 0 radical (unpaired) electrons. The number of hydrogen-bond acceptors (Lipinski definition) is 2. The van der Waals surface area contributed by atoms with Crippen LogP contribution in [0.1, 0.15) is 65.7 Å². The molecule has 0 aliphatic heterocycles. The molecule has 1 rings (SSSR count). The van der Waals surface area contributed by atoms with Gasteiger partial charge in [-0.1, -0.05) is 33.6 Å². The molecule has 0 bridgehead atoms. The maximum absolute atomic E-state index is 3.80. The molecular formula is C17H36N2. The highest BCUT2D eigenvalue weighted by molar-refractivity contribution is 4.86. The number of nitrogens with one attached hydrogen (secondary N) is 1. The molecule has 1 N–H and O–H groups in total. The van der Waals surface area contributed by atoms with Crippen molar-refractivity contribution in [2.45, 2.75) is 71.8 Å². The highest BCUT2D eigenvalue weighted by atomic mass is 15.1. The molecule has 19 heavy (non-hydrogen) atoms. The Morgan fingerprint density at radius 2 is 1.89 bits per heavy atom. The van der Waals surface area contributed by atoms with Gasteiger partial charge in [0.1, 0.15) is 0 Å². The Balaban J connectivity index is 2.45. The summed E-state index contributed by atoms with van der Waals surface area (Å²) in [5.74, 6) is 1.84. The lowest BCUT2D eigenvalue weighted by Gasteiger charge is -2.38. The molecule has 0 saturated heterocycles. The van der Waals surface area contributed by atoms with E-state index in [1.807, 2.05) is 0 Å². The summed E-state index contributed by atoms with van der Waals surface area (Å²) < 4.78 is 0. The highest BCUT2D eigenvalue weighted by Gasteiger charge is 2.29. The molecule has 1 aliphatic carbocycles. The van der Waals surface area contributed by atoms with Crippen LogP contribution in [0.2, 0.25) is 0 Å². The SMILES string of the molecule is CCCCN(C)CC1CC(CC)CCC1NCCC. The molecule has 2 heteroatoms. The zero-order chi connectivity index (χ0) is 14.1. The Morgan fingerprint density at radius 3 is 2.53 bits per heavy atom. The molecule has 1 saturated carbocycles. The van der Waals surface area contributed by atoms with Crippen LogP contribution in [-0.4, -0.2) is 37.6 Å². The Kier molecular flexibility index (Phi) is 8.72. The van der Waals surface area contributed by atoms with Crippen molar-refractivity contribution < 1.29 is 0 Å². The zero-order valence-electron chi connectivity index (χ0n) is 13.8. The molecule has 0 aromatic carbocycles. The highest BCUT2D eigenvalue weighted by Crippen LogP contribution is 2.31. The fraction of sp³-hybridized carbons (Fsp3) is 1.00. The van der Waals surface area contributed by atoms with Crippen LogP contribution in [0.15, 0.2) is 0 Å². The van der Waals surface area contributed by atoms with Crippen LogP contribution in [-0.2, 0) is 0 Å². The molecule has 0 aromatic rings. The summed E-state index contributed by atoms with van der Waals surface area (Å²) in [5.41, 5.74) is 0. The summed E-state index contributed by atoms with van der Waals surface area (Å²) in [6, 6.07) is 0.770. The standard InChI is InChI=1S/C17H36N2/c1-5-8-12-19(4)14-16-13-15(7-3)9-10-17(16)18-11-6-2/h15-18H,5-14H2,1-4H3. The molecule has 1 fully saturated rings. The fourth-order valence-electron chi connectivity index (χ4n) is 3.45. The molecule has 3 unspecified atom stereocenters. The lowest BCUT2D eigenvalue weighted by atomic mass is 9.76. The second-order valence-electron chi connectivity index (χ2n) is 6.52. The smallest absolute Gasteiger partial charge is 0.0108 e. The first-order chi connectivity index (χ1) is 9.21. The lowest BCUT2D eigenvalue weighted by Crippen LogP contribution is -2.45. The third-order valence-electron chi connectivity index (χ3n) is 4.76. The molecule has 2 nitrogen and oxygen atoms in total. The second kappa shape index (κ2) is 9.77. The van der Waals surface area contributed by atoms with Gasteiger partial charge in [-0.25, -0.2) is 0 Å². The van der Waals surface area contributed by atoms with Crippen molar-refractivity contribution in [3.05, 3.63) is 0 Å². The normalized spacial score (nSPS) is 27.9. The number of hydrogen-bond donors (Lipinski definition) is 1. The van der Waals surface area contributed by atoms with Crippen molar-refractivity contribution >= 4 is 0 Å². The van der Waals surface area contributed by atoms with E-state index in [1.54, 1.807) is 0 Å². The van der Waals surface area contributed by atoms with E-state index < -0.39 is 0 Å². The first kappa shape index (κ1) is 17.0. The minimum absolute atomic E-state index is 0.770. The molecule has 0 spiro atoms. The maximum Gasteiger partial charge on any atom is 0.0108 e. The first-order valence-electron chi connectivity index (χ1n) is 8.63. The Labute approximate surface area is 121 Å². The molecule has 114 valence electrons. The van der Waals surface area contributed by atoms with Crippen LogP contribution in [0.25, 0.3) is 0 Å². The van der Waals surface area contributed by atoms with Crippen LogP contribution < -0.4 is 5.32 Å². The molecule has 3 atom stereocenters. The van der Waals surface area contributed by atoms with E-state index >= 15 is 0 Å². The minimum Gasteiger partial charge on any atom is -0.314 e. The summed E-state index contributed by atoms with van der Waals surface area (Å²) in [6.45, 7) is 10.7. The van der Waals surface area contributed by atoms with E-state index in [4.69, 9.17) is 0 Å². The number of nitrogens with zero attached hydrogens (tertiary/aromatic N) is 1. The maximum atomic E-state index is 3.80. The first-order valence-corrected chi connectivity index (χ1v) is 8.63. The molecule has 0 amide bonds. The average molecular weight is 268 g/mol. The van der Waals surface area contributed by atoms with Crippen LogP contribution in [0, 0.1) is 11.8 Å². The van der Waals surface area contributed by atoms with Gasteiger partial charge < -0.3 is 10.2 Å². The summed E-state index contributed by atoms with van der Waals surface area (Å²) in [6.07, 6.45) is 9.55. The Bertz CT molecular complexity index is 217. The average Bonchev–Trinajstić information content (AvgIpc) is 2.43. The van der Waals surface area contributed by atoms with Gasteiger partial charge >= 0.3 is 0 Å². The van der Waals surface area contributed by atoms with Gasteiger partial charge in [0, 0.05) is 12.6 Å². The minimum atomic E-state index is 0.770. The Morgan fingerprint density at radius 1 is 1.11 bits per heavy atom. The van der Waals surface area contributed by atoms with E-state index in [2.05, 4.69) is 38.0 Å². The molecular weight excluding hydrogens is 232 g/mol. The predicted octanol–water partition coefficient (Wildman–Crippen LogP) is 3.91. The van der Waals surface area contributed by atoms with Crippen LogP contribution >= 0.6 is 0 Å². The van der Waals surface area contributed by atoms with E-state index in [-0.39, 0.29) is 0 Å². The van der Waals surface area contributed by atoms with Gasteiger partial charge in [0.15, 0.2) is 0 Å². The quantitative estimate of drug-likeness (QED) is 0.682. The van der Waals surface area contributed by atoms with Gasteiger partial charge in [-0.15, -0.1) is 0 Å². The van der Waals surface area contributed by atoms with Gasteiger partial charge in [-0.2, -0.15) is 0 Å². The topological polar surface area (TPSA) is 15.3 Å². The van der Waals surface area contributed by atoms with E-state index in [1.165, 1.54) is 64.6 Å². The monoisotopic (exact) mass is 268 g/mol. The predicted molar refractivity (Wildman–Crippen MR) is 85.6 cm³/mol. The van der Waals surface area contributed by atoms with Crippen LogP contribution in [0.4, 0.5) is 0 Å². The van der Waals surface area contributed by atoms with Gasteiger partial charge in [-0.3, -0.25) is 0 Å². The van der Waals surface area contributed by atoms with Crippen molar-refractivity contribution in [3.63, 3.8) is 0 Å². The van der Waals surface area contributed by atoms with Gasteiger partial charge in [0.2, 0.25) is 0 Å². The lowest BCUT2D eigenvalue weighted by molar-refractivity contribution is 0.151. The van der Waals surface area contributed by atoms with Crippen molar-refractivity contribution in [3.8, 4) is 0 Å². The number of rotatable bonds is 9. The van der Waals surface area contributed by atoms with Gasteiger partial charge in [0.25, 0.3) is 0 Å². The van der Waals surface area contributed by atoms with Crippen molar-refractivity contribution in [1.82, 2.24) is 10.2 Å². The van der Waals surface area contributed by atoms with Crippen LogP contribution in [0.5, 0.6) is 0 Å². The van der Waals surface area contributed by atoms with Gasteiger partial charge in [0.05, 0.1) is 0 Å². The van der Waals surface area contributed by atoms with Crippen molar-refractivity contribution in [2.24, 2.45) is 11.8 Å². The third kappa shape index (κ3) is 6.27.